The number of hydrogen-bond acceptors (Lipinski definition) is 6. The van der Waals surface area contributed by atoms with Crippen molar-refractivity contribution in [1.29, 1.82) is 5.26 Å². The third-order valence-corrected chi connectivity index (χ3v) is 4.16. The highest BCUT2D eigenvalue weighted by Gasteiger charge is 2.11. The van der Waals surface area contributed by atoms with Gasteiger partial charge in [-0.3, -0.25) is 0 Å². The standard InChI is InChI=1S/C18H12Cl2N6/c19-14-8-4-5-11(15(14)20)9-12(10-21)16-24-17(22)26-18(25-16)23-13-6-2-1-3-7-13/h1-9H,(H3,22,23,24,25,26). The summed E-state index contributed by atoms with van der Waals surface area (Å²) >= 11 is 12.2. The molecule has 0 fully saturated rings. The zero-order valence-corrected chi connectivity index (χ0v) is 14.8. The number of nitrogens with one attached hydrogen (secondary N) is 1. The predicted octanol–water partition coefficient (Wildman–Crippen LogP) is 4.57. The lowest BCUT2D eigenvalue weighted by Gasteiger charge is -2.07. The molecule has 0 saturated carbocycles. The summed E-state index contributed by atoms with van der Waals surface area (Å²) in [6.07, 6.45) is 1.55. The molecular formula is C18H12Cl2N6. The van der Waals surface area contributed by atoms with Crippen LogP contribution in [0.1, 0.15) is 11.4 Å². The monoisotopic (exact) mass is 382 g/mol. The number of rotatable bonds is 4. The molecule has 3 aromatic rings. The van der Waals surface area contributed by atoms with Crippen LogP contribution in [0.5, 0.6) is 0 Å². The Labute approximate surface area is 159 Å². The molecule has 0 radical (unpaired) electrons. The van der Waals surface area contributed by atoms with E-state index in [-0.39, 0.29) is 23.3 Å². The Bertz CT molecular complexity index is 1010. The molecule has 1 aromatic heterocycles. The third kappa shape index (κ3) is 4.09. The van der Waals surface area contributed by atoms with Crippen molar-refractivity contribution in [2.45, 2.75) is 0 Å². The van der Waals surface area contributed by atoms with Gasteiger partial charge in [-0.05, 0) is 29.8 Å². The SMILES string of the molecule is N#CC(=Cc1cccc(Cl)c1Cl)c1nc(N)nc(Nc2ccccc2)n1. The number of nitrogens with two attached hydrogens (primary N) is 1. The van der Waals surface area contributed by atoms with Gasteiger partial charge in [-0.15, -0.1) is 0 Å². The van der Waals surface area contributed by atoms with Gasteiger partial charge in [-0.1, -0.05) is 53.5 Å². The topological polar surface area (TPSA) is 101 Å². The minimum absolute atomic E-state index is 0.00762. The lowest BCUT2D eigenvalue weighted by Crippen LogP contribution is -2.06. The summed E-state index contributed by atoms with van der Waals surface area (Å²) < 4.78 is 0. The van der Waals surface area contributed by atoms with Crippen LogP contribution in [-0.4, -0.2) is 15.0 Å². The fraction of sp³-hybridized carbons (Fsp3) is 0. The van der Waals surface area contributed by atoms with Crippen LogP contribution in [0.3, 0.4) is 0 Å². The molecular weight excluding hydrogens is 371 g/mol. The molecule has 0 aliphatic carbocycles. The van der Waals surface area contributed by atoms with Crippen molar-refractivity contribution < 1.29 is 0 Å². The molecule has 0 aliphatic heterocycles. The van der Waals surface area contributed by atoms with E-state index in [2.05, 4.69) is 26.3 Å². The lowest BCUT2D eigenvalue weighted by atomic mass is 10.1. The average molecular weight is 383 g/mol. The van der Waals surface area contributed by atoms with E-state index in [9.17, 15) is 5.26 Å². The van der Waals surface area contributed by atoms with Crippen molar-refractivity contribution in [2.24, 2.45) is 0 Å². The largest absolute Gasteiger partial charge is 0.368 e. The van der Waals surface area contributed by atoms with Gasteiger partial charge in [0.05, 0.1) is 15.6 Å². The van der Waals surface area contributed by atoms with E-state index in [0.29, 0.717) is 15.6 Å². The summed E-state index contributed by atoms with van der Waals surface area (Å²) in [5, 5.41) is 13.3. The summed E-state index contributed by atoms with van der Waals surface area (Å²) in [5.41, 5.74) is 7.30. The van der Waals surface area contributed by atoms with Gasteiger partial charge in [0.2, 0.25) is 11.9 Å². The summed E-state index contributed by atoms with van der Waals surface area (Å²) in [6.45, 7) is 0. The van der Waals surface area contributed by atoms with Crippen LogP contribution in [0, 0.1) is 11.3 Å². The van der Waals surface area contributed by atoms with E-state index >= 15 is 0 Å². The van der Waals surface area contributed by atoms with Gasteiger partial charge in [-0.25, -0.2) is 0 Å². The van der Waals surface area contributed by atoms with Crippen LogP contribution in [-0.2, 0) is 0 Å². The Morgan fingerprint density at radius 2 is 1.81 bits per heavy atom. The maximum absolute atomic E-state index is 9.52. The Hall–Kier alpha value is -3.14. The summed E-state index contributed by atoms with van der Waals surface area (Å²) in [5.74, 6) is 0.360. The molecule has 0 spiro atoms. The highest BCUT2D eigenvalue weighted by molar-refractivity contribution is 6.43. The van der Waals surface area contributed by atoms with Crippen LogP contribution in [0.2, 0.25) is 10.0 Å². The molecule has 0 saturated heterocycles. The number of nitrogens with zero attached hydrogens (tertiary/aromatic N) is 4. The highest BCUT2D eigenvalue weighted by Crippen LogP contribution is 2.28. The minimum Gasteiger partial charge on any atom is -0.368 e. The Balaban J connectivity index is 2.00. The first kappa shape index (κ1) is 17.7. The van der Waals surface area contributed by atoms with Crippen molar-refractivity contribution in [2.75, 3.05) is 11.1 Å². The second-order valence-electron chi connectivity index (χ2n) is 5.14. The van der Waals surface area contributed by atoms with Crippen molar-refractivity contribution in [1.82, 2.24) is 15.0 Å². The second-order valence-corrected chi connectivity index (χ2v) is 5.93. The van der Waals surface area contributed by atoms with Gasteiger partial charge in [0.15, 0.2) is 5.82 Å². The number of nitrogen functional groups attached to an aromatic ring is 1. The summed E-state index contributed by atoms with van der Waals surface area (Å²) in [4.78, 5) is 12.4. The molecule has 26 heavy (non-hydrogen) atoms. The molecule has 1 heterocycles. The molecule has 8 heteroatoms. The maximum atomic E-state index is 9.52. The Morgan fingerprint density at radius 1 is 1.04 bits per heavy atom. The molecule has 3 N–H and O–H groups in total. The zero-order chi connectivity index (χ0) is 18.5. The molecule has 0 bridgehead atoms. The quantitative estimate of drug-likeness (QED) is 0.640. The number of para-hydroxylation sites is 1. The number of anilines is 3. The lowest BCUT2D eigenvalue weighted by molar-refractivity contribution is 1.04. The van der Waals surface area contributed by atoms with Crippen LogP contribution >= 0.6 is 23.2 Å². The predicted molar refractivity (Wildman–Crippen MR) is 104 cm³/mol. The molecule has 2 aromatic carbocycles. The van der Waals surface area contributed by atoms with E-state index in [0.717, 1.165) is 5.69 Å². The Morgan fingerprint density at radius 3 is 2.54 bits per heavy atom. The first-order valence-electron chi connectivity index (χ1n) is 7.46. The van der Waals surface area contributed by atoms with E-state index < -0.39 is 0 Å². The number of allylic oxidation sites excluding steroid dienone is 1. The second kappa shape index (κ2) is 7.83. The van der Waals surface area contributed by atoms with E-state index in [1.807, 2.05) is 30.3 Å². The van der Waals surface area contributed by atoms with Crippen molar-refractivity contribution in [3.8, 4) is 6.07 Å². The number of halogens is 2. The van der Waals surface area contributed by atoms with Crippen LogP contribution in [0.15, 0.2) is 48.5 Å². The van der Waals surface area contributed by atoms with Crippen LogP contribution < -0.4 is 11.1 Å². The molecule has 0 atom stereocenters. The number of nitriles is 1. The van der Waals surface area contributed by atoms with Gasteiger partial charge in [0, 0.05) is 5.69 Å². The average Bonchev–Trinajstić information content (AvgIpc) is 2.63. The Kier molecular flexibility index (Phi) is 5.32. The fourth-order valence-electron chi connectivity index (χ4n) is 2.15. The van der Waals surface area contributed by atoms with E-state index in [1.54, 1.807) is 24.3 Å². The van der Waals surface area contributed by atoms with Gasteiger partial charge >= 0.3 is 0 Å². The van der Waals surface area contributed by atoms with Gasteiger partial charge in [-0.2, -0.15) is 20.2 Å². The van der Waals surface area contributed by atoms with Crippen LogP contribution in [0.25, 0.3) is 11.6 Å². The van der Waals surface area contributed by atoms with E-state index in [1.165, 1.54) is 0 Å². The number of benzene rings is 2. The first-order chi connectivity index (χ1) is 12.6. The van der Waals surface area contributed by atoms with Crippen molar-refractivity contribution in [3.63, 3.8) is 0 Å². The maximum Gasteiger partial charge on any atom is 0.232 e. The third-order valence-electron chi connectivity index (χ3n) is 3.33. The number of hydrogen-bond donors (Lipinski definition) is 2. The zero-order valence-electron chi connectivity index (χ0n) is 13.3. The summed E-state index contributed by atoms with van der Waals surface area (Å²) in [6, 6.07) is 16.5. The molecule has 0 amide bonds. The normalized spacial score (nSPS) is 11.0. The van der Waals surface area contributed by atoms with Gasteiger partial charge in [0.25, 0.3) is 0 Å². The summed E-state index contributed by atoms with van der Waals surface area (Å²) in [7, 11) is 0. The van der Waals surface area contributed by atoms with Crippen molar-refractivity contribution in [3.05, 3.63) is 70.0 Å². The molecule has 0 unspecified atom stereocenters. The molecule has 128 valence electrons. The van der Waals surface area contributed by atoms with E-state index in [4.69, 9.17) is 28.9 Å². The van der Waals surface area contributed by atoms with Crippen LogP contribution in [0.4, 0.5) is 17.6 Å². The molecule has 0 aliphatic rings. The first-order valence-corrected chi connectivity index (χ1v) is 8.22. The smallest absolute Gasteiger partial charge is 0.232 e. The minimum atomic E-state index is -0.00762. The fourth-order valence-corrected chi connectivity index (χ4v) is 2.52. The highest BCUT2D eigenvalue weighted by atomic mass is 35.5. The molecule has 3 rings (SSSR count). The molecule has 6 nitrogen and oxygen atoms in total. The number of aromatic nitrogens is 3. The van der Waals surface area contributed by atoms with Crippen molar-refractivity contribution >= 4 is 52.4 Å². The van der Waals surface area contributed by atoms with Gasteiger partial charge < -0.3 is 11.1 Å². The van der Waals surface area contributed by atoms with Gasteiger partial charge in [0.1, 0.15) is 6.07 Å².